The second-order valence-corrected chi connectivity index (χ2v) is 6.16. The summed E-state index contributed by atoms with van der Waals surface area (Å²) in [6.45, 7) is 8.40. The zero-order chi connectivity index (χ0) is 7.28. The molecule has 0 aromatic heterocycles. The Morgan fingerprint density at radius 3 is 2.67 bits per heavy atom. The van der Waals surface area contributed by atoms with Crippen molar-refractivity contribution in [2.24, 2.45) is 0 Å². The highest BCUT2D eigenvalue weighted by Gasteiger charge is 2.08. The predicted molar refractivity (Wildman–Crippen MR) is 44.7 cm³/mol. The monoisotopic (exact) mass is 164 g/mol. The molecular formula is C6H13ClOSi. The molecule has 0 aliphatic rings. The summed E-state index contributed by atoms with van der Waals surface area (Å²) in [6, 6.07) is 0. The van der Waals surface area contributed by atoms with Crippen molar-refractivity contribution < 1.29 is 4.74 Å². The highest BCUT2D eigenvalue weighted by molar-refractivity contribution is 6.66. The first kappa shape index (κ1) is 9.21. The highest BCUT2D eigenvalue weighted by atomic mass is 35.5. The molecule has 1 atom stereocenters. The Labute approximate surface area is 63.3 Å². The molecule has 0 bridgehead atoms. The van der Waals surface area contributed by atoms with Crippen molar-refractivity contribution in [3.8, 4) is 0 Å². The van der Waals surface area contributed by atoms with Gasteiger partial charge in [0.25, 0.3) is 0 Å². The summed E-state index contributed by atoms with van der Waals surface area (Å²) in [7, 11) is -0.801. The van der Waals surface area contributed by atoms with Crippen molar-refractivity contribution in [2.75, 3.05) is 6.61 Å². The van der Waals surface area contributed by atoms with E-state index in [1.165, 1.54) is 0 Å². The van der Waals surface area contributed by atoms with E-state index < -0.39 is 8.80 Å². The number of hydrogen-bond acceptors (Lipinski definition) is 1. The lowest BCUT2D eigenvalue weighted by Gasteiger charge is -2.10. The first-order valence-corrected chi connectivity index (χ1v) is 6.46. The van der Waals surface area contributed by atoms with E-state index in [-0.39, 0.29) is 5.19 Å². The predicted octanol–water partition coefficient (Wildman–Crippen LogP) is 1.78. The topological polar surface area (TPSA) is 9.23 Å². The standard InChI is InChI=1S/C6H13ClOSi/c1-4-5-8-6(7)9(2)3/h4,6,9H,1,5H2,2-3H3. The first-order chi connectivity index (χ1) is 4.18. The van der Waals surface area contributed by atoms with Gasteiger partial charge in [-0.25, -0.2) is 0 Å². The lowest BCUT2D eigenvalue weighted by Crippen LogP contribution is -2.21. The fourth-order valence-corrected chi connectivity index (χ4v) is 0.921. The molecule has 54 valence electrons. The molecule has 0 saturated carbocycles. The summed E-state index contributed by atoms with van der Waals surface area (Å²) in [6.07, 6.45) is 1.71. The summed E-state index contributed by atoms with van der Waals surface area (Å²) >= 11 is 5.79. The average molecular weight is 165 g/mol. The second-order valence-electron chi connectivity index (χ2n) is 2.22. The molecule has 0 aromatic rings. The smallest absolute Gasteiger partial charge is 0.115 e. The largest absolute Gasteiger partial charge is 0.363 e. The molecule has 0 saturated heterocycles. The molecule has 9 heavy (non-hydrogen) atoms. The Kier molecular flexibility index (Phi) is 5.14. The van der Waals surface area contributed by atoms with Crippen LogP contribution >= 0.6 is 11.6 Å². The van der Waals surface area contributed by atoms with Gasteiger partial charge in [-0.1, -0.05) is 30.8 Å². The van der Waals surface area contributed by atoms with E-state index in [1.807, 2.05) is 0 Å². The van der Waals surface area contributed by atoms with Gasteiger partial charge >= 0.3 is 0 Å². The van der Waals surface area contributed by atoms with Gasteiger partial charge < -0.3 is 4.74 Å². The molecule has 1 nitrogen and oxygen atoms in total. The minimum Gasteiger partial charge on any atom is -0.363 e. The van der Waals surface area contributed by atoms with Crippen LogP contribution < -0.4 is 0 Å². The minimum atomic E-state index is -0.801. The van der Waals surface area contributed by atoms with Gasteiger partial charge in [-0.2, -0.15) is 0 Å². The van der Waals surface area contributed by atoms with Gasteiger partial charge in [0.05, 0.1) is 15.4 Å². The molecule has 1 unspecified atom stereocenters. The van der Waals surface area contributed by atoms with Crippen LogP contribution in [0.3, 0.4) is 0 Å². The van der Waals surface area contributed by atoms with Crippen LogP contribution in [0, 0.1) is 0 Å². The van der Waals surface area contributed by atoms with Crippen molar-refractivity contribution in [1.29, 1.82) is 0 Å². The number of alkyl halides is 1. The number of hydrogen-bond donors (Lipinski definition) is 0. The van der Waals surface area contributed by atoms with Crippen molar-refractivity contribution in [3.05, 3.63) is 12.7 Å². The fraction of sp³-hybridized carbons (Fsp3) is 0.667. The maximum Gasteiger partial charge on any atom is 0.115 e. The third kappa shape index (κ3) is 4.69. The van der Waals surface area contributed by atoms with Crippen LogP contribution in [0.25, 0.3) is 0 Å². The number of halogens is 1. The van der Waals surface area contributed by atoms with Gasteiger partial charge in [-0.15, -0.1) is 6.58 Å². The highest BCUT2D eigenvalue weighted by Crippen LogP contribution is 2.02. The Bertz CT molecular complexity index is 85.1. The van der Waals surface area contributed by atoms with E-state index >= 15 is 0 Å². The third-order valence-electron chi connectivity index (χ3n) is 0.897. The van der Waals surface area contributed by atoms with Crippen LogP contribution in [0.1, 0.15) is 0 Å². The average Bonchev–Trinajstić information content (AvgIpc) is 1.82. The van der Waals surface area contributed by atoms with Gasteiger partial charge in [0.1, 0.15) is 5.19 Å². The van der Waals surface area contributed by atoms with E-state index in [2.05, 4.69) is 19.7 Å². The van der Waals surface area contributed by atoms with Crippen molar-refractivity contribution in [2.45, 2.75) is 18.3 Å². The van der Waals surface area contributed by atoms with Crippen LogP contribution in [0.15, 0.2) is 12.7 Å². The van der Waals surface area contributed by atoms with Gasteiger partial charge in [0, 0.05) is 0 Å². The van der Waals surface area contributed by atoms with Crippen LogP contribution in [-0.4, -0.2) is 20.6 Å². The maximum atomic E-state index is 5.79. The lowest BCUT2D eigenvalue weighted by atomic mass is 10.7. The molecular weight excluding hydrogens is 152 g/mol. The quantitative estimate of drug-likeness (QED) is 0.350. The van der Waals surface area contributed by atoms with Gasteiger partial charge in [-0.3, -0.25) is 0 Å². The molecule has 3 heteroatoms. The van der Waals surface area contributed by atoms with E-state index in [1.54, 1.807) is 6.08 Å². The van der Waals surface area contributed by atoms with Crippen molar-refractivity contribution in [1.82, 2.24) is 0 Å². The molecule has 0 spiro atoms. The van der Waals surface area contributed by atoms with E-state index in [0.29, 0.717) is 6.61 Å². The Morgan fingerprint density at radius 1 is 1.78 bits per heavy atom. The second kappa shape index (κ2) is 5.03. The Morgan fingerprint density at radius 2 is 2.33 bits per heavy atom. The summed E-state index contributed by atoms with van der Waals surface area (Å²) in [5, 5.41) is -0.0389. The Hall–Kier alpha value is 0.207. The van der Waals surface area contributed by atoms with Crippen molar-refractivity contribution in [3.63, 3.8) is 0 Å². The Balaban J connectivity index is 3.26. The van der Waals surface area contributed by atoms with Crippen LogP contribution in [0.5, 0.6) is 0 Å². The molecule has 0 radical (unpaired) electrons. The van der Waals surface area contributed by atoms with Crippen LogP contribution in [0.2, 0.25) is 13.1 Å². The third-order valence-corrected chi connectivity index (χ3v) is 3.78. The van der Waals surface area contributed by atoms with Gasteiger partial charge in [-0.05, 0) is 0 Å². The molecule has 0 rings (SSSR count). The van der Waals surface area contributed by atoms with E-state index in [4.69, 9.17) is 16.3 Å². The first-order valence-electron chi connectivity index (χ1n) is 3.05. The van der Waals surface area contributed by atoms with Crippen LogP contribution in [0.4, 0.5) is 0 Å². The normalized spacial score (nSPS) is 13.8. The number of rotatable bonds is 4. The van der Waals surface area contributed by atoms with Crippen molar-refractivity contribution >= 4 is 20.4 Å². The molecule has 0 aromatic carbocycles. The van der Waals surface area contributed by atoms with Crippen LogP contribution in [-0.2, 0) is 4.74 Å². The molecule has 0 aliphatic carbocycles. The summed E-state index contributed by atoms with van der Waals surface area (Å²) in [5.74, 6) is 0. The lowest BCUT2D eigenvalue weighted by molar-refractivity contribution is 0.181. The summed E-state index contributed by atoms with van der Waals surface area (Å²) in [4.78, 5) is 0. The van der Waals surface area contributed by atoms with E-state index in [9.17, 15) is 0 Å². The minimum absolute atomic E-state index is 0.0389. The van der Waals surface area contributed by atoms with Gasteiger partial charge in [0.15, 0.2) is 0 Å². The summed E-state index contributed by atoms with van der Waals surface area (Å²) < 4.78 is 5.16. The maximum absolute atomic E-state index is 5.79. The van der Waals surface area contributed by atoms with Gasteiger partial charge in [0.2, 0.25) is 0 Å². The fourth-order valence-electron chi connectivity index (χ4n) is 0.352. The molecule has 0 aliphatic heterocycles. The number of ether oxygens (including phenoxy) is 1. The molecule has 0 N–H and O–H groups in total. The summed E-state index contributed by atoms with van der Waals surface area (Å²) in [5.41, 5.74) is 0. The zero-order valence-electron chi connectivity index (χ0n) is 5.93. The van der Waals surface area contributed by atoms with E-state index in [0.717, 1.165) is 0 Å². The zero-order valence-corrected chi connectivity index (χ0v) is 7.84. The molecule has 0 fully saturated rings. The SMILES string of the molecule is C=CCOC(Cl)[SiH](C)C. The molecule has 0 heterocycles. The molecule has 0 amide bonds.